The zero-order valence-corrected chi connectivity index (χ0v) is 18.5. The lowest BCUT2D eigenvalue weighted by Gasteiger charge is -2.60. The van der Waals surface area contributed by atoms with Gasteiger partial charge >= 0.3 is 5.97 Å². The van der Waals surface area contributed by atoms with Crippen molar-refractivity contribution in [2.75, 3.05) is 6.26 Å². The Kier molecular flexibility index (Phi) is 4.06. The molecule has 1 heterocycles. The smallest absolute Gasteiger partial charge is 0.306 e. The fourth-order valence-corrected chi connectivity index (χ4v) is 9.67. The van der Waals surface area contributed by atoms with Crippen LogP contribution < -0.4 is 0 Å². The molecule has 4 aliphatic carbocycles. The molecular weight excluding hydrogens is 388 g/mol. The number of carbonyl (C=O) groups excluding carboxylic acids is 2. The van der Waals surface area contributed by atoms with E-state index >= 15 is 0 Å². The van der Waals surface area contributed by atoms with Gasteiger partial charge in [0.1, 0.15) is 5.60 Å². The second-order valence-electron chi connectivity index (χ2n) is 10.9. The van der Waals surface area contributed by atoms with Gasteiger partial charge in [-0.2, -0.15) is 0 Å². The highest BCUT2D eigenvalue weighted by Crippen LogP contribution is 2.70. The van der Waals surface area contributed by atoms with Crippen LogP contribution in [0.2, 0.25) is 0 Å². The quantitative estimate of drug-likeness (QED) is 0.606. The van der Waals surface area contributed by atoms with E-state index in [1.54, 1.807) is 6.08 Å². The lowest BCUT2D eigenvalue weighted by molar-refractivity contribution is -0.167. The third-order valence-corrected chi connectivity index (χ3v) is 11.4. The molecule has 0 aromatic rings. The first-order chi connectivity index (χ1) is 13.5. The van der Waals surface area contributed by atoms with E-state index in [0.29, 0.717) is 19.3 Å². The summed E-state index contributed by atoms with van der Waals surface area (Å²) in [5.74, 6) is 0.656. The summed E-state index contributed by atoms with van der Waals surface area (Å²) in [5, 5.41) is -0.436. The van der Waals surface area contributed by atoms with Crippen LogP contribution in [0, 0.1) is 28.6 Å². The maximum Gasteiger partial charge on any atom is 0.306 e. The van der Waals surface area contributed by atoms with Gasteiger partial charge in [0.2, 0.25) is 0 Å². The highest BCUT2D eigenvalue weighted by Gasteiger charge is 2.69. The van der Waals surface area contributed by atoms with Crippen LogP contribution in [-0.2, 0) is 24.2 Å². The molecule has 1 saturated heterocycles. The Morgan fingerprint density at radius 2 is 1.72 bits per heavy atom. The second-order valence-corrected chi connectivity index (χ2v) is 13.1. The molecule has 0 aromatic heterocycles. The minimum atomic E-state index is -3.26. The zero-order chi connectivity index (χ0) is 20.8. The van der Waals surface area contributed by atoms with E-state index in [1.807, 2.05) is 0 Å². The summed E-state index contributed by atoms with van der Waals surface area (Å²) in [6, 6.07) is 0. The van der Waals surface area contributed by atoms with Crippen molar-refractivity contribution >= 4 is 21.6 Å². The average Bonchev–Trinajstić information content (AvgIpc) is 3.15. The molecule has 0 radical (unpaired) electrons. The maximum atomic E-state index is 13.0. The predicted molar refractivity (Wildman–Crippen MR) is 109 cm³/mol. The summed E-state index contributed by atoms with van der Waals surface area (Å²) in [5.41, 5.74) is 0.435. The van der Waals surface area contributed by atoms with Crippen molar-refractivity contribution in [1.29, 1.82) is 0 Å². The van der Waals surface area contributed by atoms with Gasteiger partial charge in [-0.15, -0.1) is 0 Å². The highest BCUT2D eigenvalue weighted by atomic mass is 32.2. The Bertz CT molecular complexity index is 920. The van der Waals surface area contributed by atoms with Crippen LogP contribution in [0.1, 0.15) is 71.6 Å². The van der Waals surface area contributed by atoms with Crippen molar-refractivity contribution in [3.8, 4) is 0 Å². The molecule has 5 nitrogen and oxygen atoms in total. The molecule has 6 heteroatoms. The van der Waals surface area contributed by atoms with E-state index in [4.69, 9.17) is 4.74 Å². The SMILES string of the molecule is CC12CCC(=O)C=C1CC(S(C)(=O)=O)C1C2CCC2(C)C1CCC21CCC(=O)O1. The Morgan fingerprint density at radius 3 is 2.38 bits per heavy atom. The predicted octanol–water partition coefficient (Wildman–Crippen LogP) is 3.62. The minimum absolute atomic E-state index is 0.0802. The lowest BCUT2D eigenvalue weighted by atomic mass is 9.46. The number of esters is 1. The molecule has 0 bridgehead atoms. The number of allylic oxidation sites excluding steroid dienone is 1. The molecule has 3 saturated carbocycles. The van der Waals surface area contributed by atoms with Gasteiger partial charge in [-0.05, 0) is 74.2 Å². The molecule has 0 aromatic carbocycles. The molecule has 1 aliphatic heterocycles. The van der Waals surface area contributed by atoms with Crippen LogP contribution >= 0.6 is 0 Å². The van der Waals surface area contributed by atoms with Crippen LogP contribution in [0.4, 0.5) is 0 Å². The molecule has 4 fully saturated rings. The fraction of sp³-hybridized carbons (Fsp3) is 0.826. The number of carbonyl (C=O) groups is 2. The molecular formula is C23H32O5S. The number of ether oxygens (including phenoxy) is 1. The van der Waals surface area contributed by atoms with Crippen LogP contribution in [0.15, 0.2) is 11.6 Å². The number of sulfone groups is 1. The number of hydrogen-bond acceptors (Lipinski definition) is 5. The lowest BCUT2D eigenvalue weighted by Crippen LogP contribution is -2.59. The summed E-state index contributed by atoms with van der Waals surface area (Å²) in [7, 11) is -3.26. The molecule has 5 rings (SSSR count). The normalized spacial score (nSPS) is 49.3. The molecule has 5 aliphatic rings. The summed E-state index contributed by atoms with van der Waals surface area (Å²) >= 11 is 0. The van der Waals surface area contributed by atoms with Gasteiger partial charge in [0.15, 0.2) is 15.6 Å². The molecule has 7 unspecified atom stereocenters. The van der Waals surface area contributed by atoms with Gasteiger partial charge in [-0.3, -0.25) is 9.59 Å². The summed E-state index contributed by atoms with van der Waals surface area (Å²) in [6.07, 6.45) is 9.99. The standard InChI is InChI=1S/C23H32O5S/c1-21-8-4-15(24)12-14(21)13-18(29(3,26)27)20-16(21)5-9-22(2)17(20)6-10-23(22)11-7-19(25)28-23/h12,16-18,20H,4-11,13H2,1-3H3. The Labute approximate surface area is 173 Å². The first-order valence-corrected chi connectivity index (χ1v) is 13.1. The molecule has 160 valence electrons. The Balaban J connectivity index is 1.61. The summed E-state index contributed by atoms with van der Waals surface area (Å²) in [4.78, 5) is 24.2. The topological polar surface area (TPSA) is 77.5 Å². The fourth-order valence-electron chi connectivity index (χ4n) is 8.23. The van der Waals surface area contributed by atoms with Gasteiger partial charge in [0.25, 0.3) is 0 Å². The van der Waals surface area contributed by atoms with Gasteiger partial charge in [0.05, 0.1) is 5.25 Å². The summed E-state index contributed by atoms with van der Waals surface area (Å²) in [6.45, 7) is 4.53. The zero-order valence-electron chi connectivity index (χ0n) is 17.7. The minimum Gasteiger partial charge on any atom is -0.458 e. The number of rotatable bonds is 1. The van der Waals surface area contributed by atoms with Crippen molar-refractivity contribution in [3.05, 3.63) is 11.6 Å². The first kappa shape index (κ1) is 19.8. The number of ketones is 1. The number of hydrogen-bond donors (Lipinski definition) is 0. The monoisotopic (exact) mass is 420 g/mol. The summed E-state index contributed by atoms with van der Waals surface area (Å²) < 4.78 is 31.9. The van der Waals surface area contributed by atoms with Crippen molar-refractivity contribution < 1.29 is 22.7 Å². The van der Waals surface area contributed by atoms with Gasteiger partial charge in [-0.25, -0.2) is 8.42 Å². The van der Waals surface area contributed by atoms with Crippen LogP contribution in [0.5, 0.6) is 0 Å². The van der Waals surface area contributed by atoms with Crippen molar-refractivity contribution in [1.82, 2.24) is 0 Å². The van der Waals surface area contributed by atoms with Gasteiger partial charge < -0.3 is 4.74 Å². The van der Waals surface area contributed by atoms with Crippen LogP contribution in [0.25, 0.3) is 0 Å². The van der Waals surface area contributed by atoms with E-state index < -0.39 is 20.7 Å². The van der Waals surface area contributed by atoms with E-state index in [2.05, 4.69) is 13.8 Å². The Hall–Kier alpha value is -1.17. The molecule has 7 atom stereocenters. The van der Waals surface area contributed by atoms with E-state index in [0.717, 1.165) is 44.1 Å². The van der Waals surface area contributed by atoms with E-state index in [-0.39, 0.29) is 40.3 Å². The highest BCUT2D eigenvalue weighted by molar-refractivity contribution is 7.91. The van der Waals surface area contributed by atoms with Crippen molar-refractivity contribution in [2.24, 2.45) is 28.6 Å². The third-order valence-electron chi connectivity index (χ3n) is 9.84. The third kappa shape index (κ3) is 2.53. The van der Waals surface area contributed by atoms with Crippen molar-refractivity contribution in [2.45, 2.75) is 82.5 Å². The van der Waals surface area contributed by atoms with Gasteiger partial charge in [-0.1, -0.05) is 19.4 Å². The molecule has 0 N–H and O–H groups in total. The van der Waals surface area contributed by atoms with Gasteiger partial charge in [0, 0.05) is 24.5 Å². The van der Waals surface area contributed by atoms with E-state index in [9.17, 15) is 18.0 Å². The van der Waals surface area contributed by atoms with Crippen molar-refractivity contribution in [3.63, 3.8) is 0 Å². The maximum absolute atomic E-state index is 13.0. The van der Waals surface area contributed by atoms with Crippen LogP contribution in [0.3, 0.4) is 0 Å². The molecule has 29 heavy (non-hydrogen) atoms. The first-order valence-electron chi connectivity index (χ1n) is 11.1. The number of fused-ring (bicyclic) bond motifs is 6. The van der Waals surface area contributed by atoms with Crippen LogP contribution in [-0.4, -0.2) is 37.3 Å². The van der Waals surface area contributed by atoms with E-state index in [1.165, 1.54) is 6.26 Å². The Morgan fingerprint density at radius 1 is 1.00 bits per heavy atom. The largest absolute Gasteiger partial charge is 0.458 e. The second kappa shape index (κ2) is 5.95. The molecule has 0 amide bonds. The molecule has 1 spiro atoms. The average molecular weight is 421 g/mol.